The lowest BCUT2D eigenvalue weighted by atomic mass is 9.93. The lowest BCUT2D eigenvalue weighted by Gasteiger charge is -2.36. The van der Waals surface area contributed by atoms with Gasteiger partial charge in [-0.25, -0.2) is 0 Å². The van der Waals surface area contributed by atoms with Crippen LogP contribution in [0.2, 0.25) is 0 Å². The maximum absolute atomic E-state index is 12.2. The SMILES string of the molecule is CC(C)C(C)CC(=O)N1CCCCC1CN. The molecule has 1 aliphatic heterocycles. The largest absolute Gasteiger partial charge is 0.338 e. The number of carbonyl (C=O) groups is 1. The molecule has 2 N–H and O–H groups in total. The van der Waals surface area contributed by atoms with Crippen molar-refractivity contribution in [2.24, 2.45) is 17.6 Å². The molecule has 1 aliphatic rings. The minimum absolute atomic E-state index is 0.292. The van der Waals surface area contributed by atoms with Gasteiger partial charge >= 0.3 is 0 Å². The van der Waals surface area contributed by atoms with Gasteiger partial charge in [0.15, 0.2) is 0 Å². The molecular formula is C13H26N2O. The Morgan fingerprint density at radius 1 is 1.38 bits per heavy atom. The first-order chi connectivity index (χ1) is 7.56. The van der Waals surface area contributed by atoms with E-state index in [4.69, 9.17) is 5.73 Å². The number of carbonyl (C=O) groups excluding carboxylic acids is 1. The van der Waals surface area contributed by atoms with E-state index in [2.05, 4.69) is 20.8 Å². The summed E-state index contributed by atoms with van der Waals surface area (Å²) in [4.78, 5) is 14.2. The van der Waals surface area contributed by atoms with Crippen LogP contribution in [-0.2, 0) is 4.79 Å². The normalized spacial score (nSPS) is 23.6. The molecule has 2 unspecified atom stereocenters. The van der Waals surface area contributed by atoms with Crippen LogP contribution < -0.4 is 5.73 Å². The van der Waals surface area contributed by atoms with Gasteiger partial charge in [0.05, 0.1) is 0 Å². The molecule has 0 aliphatic carbocycles. The van der Waals surface area contributed by atoms with Crippen LogP contribution in [0.1, 0.15) is 46.5 Å². The molecule has 0 spiro atoms. The minimum Gasteiger partial charge on any atom is -0.338 e. The van der Waals surface area contributed by atoms with Crippen molar-refractivity contribution in [3.8, 4) is 0 Å². The fraction of sp³-hybridized carbons (Fsp3) is 0.923. The standard InChI is InChI=1S/C13H26N2O/c1-10(2)11(3)8-13(16)15-7-5-4-6-12(15)9-14/h10-12H,4-9,14H2,1-3H3. The van der Waals surface area contributed by atoms with E-state index in [0.717, 1.165) is 19.4 Å². The van der Waals surface area contributed by atoms with Gasteiger partial charge in [0, 0.05) is 25.6 Å². The Morgan fingerprint density at radius 2 is 2.06 bits per heavy atom. The summed E-state index contributed by atoms with van der Waals surface area (Å²) in [7, 11) is 0. The van der Waals surface area contributed by atoms with Crippen molar-refractivity contribution in [1.29, 1.82) is 0 Å². The monoisotopic (exact) mass is 226 g/mol. The number of amides is 1. The highest BCUT2D eigenvalue weighted by atomic mass is 16.2. The molecule has 1 rings (SSSR count). The topological polar surface area (TPSA) is 46.3 Å². The second-order valence-electron chi connectivity index (χ2n) is 5.40. The number of likely N-dealkylation sites (tertiary alicyclic amines) is 1. The van der Waals surface area contributed by atoms with Gasteiger partial charge in [-0.1, -0.05) is 20.8 Å². The second-order valence-corrected chi connectivity index (χ2v) is 5.40. The van der Waals surface area contributed by atoms with Crippen LogP contribution in [0.4, 0.5) is 0 Å². The molecule has 0 bridgehead atoms. The molecular weight excluding hydrogens is 200 g/mol. The highest BCUT2D eigenvalue weighted by molar-refractivity contribution is 5.76. The Labute approximate surface area is 99.4 Å². The lowest BCUT2D eigenvalue weighted by molar-refractivity contribution is -0.135. The average molecular weight is 226 g/mol. The highest BCUT2D eigenvalue weighted by Crippen LogP contribution is 2.21. The third-order valence-corrected chi connectivity index (χ3v) is 3.85. The van der Waals surface area contributed by atoms with Gasteiger partial charge in [0.25, 0.3) is 0 Å². The summed E-state index contributed by atoms with van der Waals surface area (Å²) in [5.74, 6) is 1.34. The number of nitrogens with zero attached hydrogens (tertiary/aromatic N) is 1. The predicted molar refractivity (Wildman–Crippen MR) is 67.0 cm³/mol. The molecule has 2 atom stereocenters. The van der Waals surface area contributed by atoms with Crippen molar-refractivity contribution >= 4 is 5.91 Å². The molecule has 94 valence electrons. The smallest absolute Gasteiger partial charge is 0.223 e. The van der Waals surface area contributed by atoms with Gasteiger partial charge in [-0.2, -0.15) is 0 Å². The molecule has 0 aromatic heterocycles. The molecule has 0 radical (unpaired) electrons. The molecule has 1 fully saturated rings. The predicted octanol–water partition coefficient (Wildman–Crippen LogP) is 2.01. The molecule has 16 heavy (non-hydrogen) atoms. The first kappa shape index (κ1) is 13.5. The second kappa shape index (κ2) is 6.24. The summed E-state index contributed by atoms with van der Waals surface area (Å²) >= 11 is 0. The van der Waals surface area contributed by atoms with Gasteiger partial charge in [-0.05, 0) is 31.1 Å². The third kappa shape index (κ3) is 3.48. The van der Waals surface area contributed by atoms with E-state index < -0.39 is 0 Å². The van der Waals surface area contributed by atoms with E-state index in [1.54, 1.807) is 0 Å². The quantitative estimate of drug-likeness (QED) is 0.797. The molecule has 0 saturated carbocycles. The molecule has 1 amide bonds. The van der Waals surface area contributed by atoms with E-state index in [9.17, 15) is 4.79 Å². The van der Waals surface area contributed by atoms with Crippen LogP contribution in [0.3, 0.4) is 0 Å². The van der Waals surface area contributed by atoms with Crippen LogP contribution in [0.15, 0.2) is 0 Å². The molecule has 3 heteroatoms. The number of nitrogens with two attached hydrogens (primary N) is 1. The Morgan fingerprint density at radius 3 is 2.62 bits per heavy atom. The van der Waals surface area contributed by atoms with Gasteiger partial charge in [-0.3, -0.25) is 4.79 Å². The molecule has 3 nitrogen and oxygen atoms in total. The summed E-state index contributed by atoms with van der Waals surface area (Å²) in [5.41, 5.74) is 5.73. The van der Waals surface area contributed by atoms with Crippen LogP contribution in [0, 0.1) is 11.8 Å². The fourth-order valence-electron chi connectivity index (χ4n) is 2.20. The van der Waals surface area contributed by atoms with Crippen LogP contribution in [-0.4, -0.2) is 29.9 Å². The maximum Gasteiger partial charge on any atom is 0.223 e. The van der Waals surface area contributed by atoms with Crippen molar-refractivity contribution in [1.82, 2.24) is 4.90 Å². The van der Waals surface area contributed by atoms with E-state index in [-0.39, 0.29) is 0 Å². The van der Waals surface area contributed by atoms with Gasteiger partial charge in [0.1, 0.15) is 0 Å². The lowest BCUT2D eigenvalue weighted by Crippen LogP contribution is -2.47. The first-order valence-electron chi connectivity index (χ1n) is 6.55. The molecule has 1 saturated heterocycles. The van der Waals surface area contributed by atoms with Gasteiger partial charge < -0.3 is 10.6 Å². The zero-order valence-electron chi connectivity index (χ0n) is 10.9. The summed E-state index contributed by atoms with van der Waals surface area (Å²) in [6.45, 7) is 8.03. The maximum atomic E-state index is 12.2. The summed E-state index contributed by atoms with van der Waals surface area (Å²) < 4.78 is 0. The van der Waals surface area contributed by atoms with Crippen LogP contribution in [0.5, 0.6) is 0 Å². The van der Waals surface area contributed by atoms with Crippen LogP contribution in [0.25, 0.3) is 0 Å². The Bertz CT molecular complexity index is 228. The number of hydrogen-bond donors (Lipinski definition) is 1. The Balaban J connectivity index is 2.50. The van der Waals surface area contributed by atoms with Crippen molar-refractivity contribution in [2.75, 3.05) is 13.1 Å². The van der Waals surface area contributed by atoms with E-state index in [1.165, 1.54) is 6.42 Å². The summed E-state index contributed by atoms with van der Waals surface area (Å²) in [5, 5.41) is 0. The zero-order chi connectivity index (χ0) is 12.1. The number of hydrogen-bond acceptors (Lipinski definition) is 2. The average Bonchev–Trinajstić information content (AvgIpc) is 2.28. The van der Waals surface area contributed by atoms with Crippen molar-refractivity contribution in [3.63, 3.8) is 0 Å². The van der Waals surface area contributed by atoms with E-state index in [0.29, 0.717) is 36.8 Å². The molecule has 1 heterocycles. The van der Waals surface area contributed by atoms with Crippen LogP contribution >= 0.6 is 0 Å². The van der Waals surface area contributed by atoms with Gasteiger partial charge in [-0.15, -0.1) is 0 Å². The van der Waals surface area contributed by atoms with Gasteiger partial charge in [0.2, 0.25) is 5.91 Å². The first-order valence-corrected chi connectivity index (χ1v) is 6.55. The van der Waals surface area contributed by atoms with E-state index in [1.807, 2.05) is 4.90 Å². The molecule has 0 aromatic rings. The third-order valence-electron chi connectivity index (χ3n) is 3.85. The Hall–Kier alpha value is -0.570. The molecule has 0 aromatic carbocycles. The summed E-state index contributed by atoms with van der Waals surface area (Å²) in [6.07, 6.45) is 4.11. The fourth-order valence-corrected chi connectivity index (χ4v) is 2.20. The summed E-state index contributed by atoms with van der Waals surface area (Å²) in [6, 6.07) is 0.292. The number of rotatable bonds is 4. The zero-order valence-corrected chi connectivity index (χ0v) is 10.9. The van der Waals surface area contributed by atoms with Crippen molar-refractivity contribution in [2.45, 2.75) is 52.5 Å². The highest BCUT2D eigenvalue weighted by Gasteiger charge is 2.26. The Kier molecular flexibility index (Phi) is 5.26. The van der Waals surface area contributed by atoms with E-state index >= 15 is 0 Å². The van der Waals surface area contributed by atoms with Crippen molar-refractivity contribution in [3.05, 3.63) is 0 Å². The minimum atomic E-state index is 0.292. The number of piperidine rings is 1. The van der Waals surface area contributed by atoms with Crippen molar-refractivity contribution < 1.29 is 4.79 Å².